The molecule has 0 saturated carbocycles. The van der Waals surface area contributed by atoms with Crippen LogP contribution in [0.4, 0.5) is 15.8 Å². The summed E-state index contributed by atoms with van der Waals surface area (Å²) in [6.45, 7) is 5.28. The molecule has 0 saturated heterocycles. The van der Waals surface area contributed by atoms with Crippen molar-refractivity contribution in [2.75, 3.05) is 15.9 Å². The summed E-state index contributed by atoms with van der Waals surface area (Å²) in [6.07, 6.45) is 0.984. The standard InChI is InChI=1S/C20H22FN3O4S2/c1-12(2)23-17-10-7-15(11-18(17)29-20(23)26)22-19(25)13(3)24(30(4,27)28)16-8-5-14(21)6-9-16/h5-13H,1-4H3,(H,22,25). The van der Waals surface area contributed by atoms with Crippen LogP contribution in [0.25, 0.3) is 10.2 Å². The van der Waals surface area contributed by atoms with Crippen LogP contribution >= 0.6 is 11.3 Å². The average molecular weight is 452 g/mol. The van der Waals surface area contributed by atoms with E-state index in [0.29, 0.717) is 5.69 Å². The first kappa shape index (κ1) is 22.0. The molecule has 160 valence electrons. The quantitative estimate of drug-likeness (QED) is 0.621. The summed E-state index contributed by atoms with van der Waals surface area (Å²) < 4.78 is 41.2. The number of amides is 1. The topological polar surface area (TPSA) is 88.5 Å². The Balaban J connectivity index is 1.90. The average Bonchev–Trinajstić information content (AvgIpc) is 2.97. The highest BCUT2D eigenvalue weighted by Gasteiger charge is 2.29. The highest BCUT2D eigenvalue weighted by Crippen LogP contribution is 2.25. The molecule has 1 N–H and O–H groups in total. The van der Waals surface area contributed by atoms with Crippen LogP contribution in [0.2, 0.25) is 0 Å². The Morgan fingerprint density at radius 2 is 1.77 bits per heavy atom. The van der Waals surface area contributed by atoms with Crippen molar-refractivity contribution in [1.29, 1.82) is 0 Å². The van der Waals surface area contributed by atoms with E-state index >= 15 is 0 Å². The SMILES string of the molecule is CC(C(=O)Nc1ccc2c(c1)sc(=O)n2C(C)C)N(c1ccc(F)cc1)S(C)(=O)=O. The van der Waals surface area contributed by atoms with E-state index in [1.807, 2.05) is 13.8 Å². The van der Waals surface area contributed by atoms with Gasteiger partial charge in [0.05, 0.1) is 22.2 Å². The summed E-state index contributed by atoms with van der Waals surface area (Å²) in [5.41, 5.74) is 1.41. The number of sulfonamides is 1. The summed E-state index contributed by atoms with van der Waals surface area (Å²) in [7, 11) is -3.81. The second kappa shape index (κ2) is 8.19. The van der Waals surface area contributed by atoms with Crippen LogP contribution in [0.3, 0.4) is 0 Å². The first-order valence-electron chi connectivity index (χ1n) is 9.20. The molecule has 0 fully saturated rings. The molecule has 0 aliphatic heterocycles. The summed E-state index contributed by atoms with van der Waals surface area (Å²) in [5, 5.41) is 2.70. The van der Waals surface area contributed by atoms with Crippen molar-refractivity contribution in [2.24, 2.45) is 0 Å². The smallest absolute Gasteiger partial charge is 0.308 e. The van der Waals surface area contributed by atoms with Gasteiger partial charge < -0.3 is 5.32 Å². The first-order chi connectivity index (χ1) is 14.0. The molecule has 0 aliphatic carbocycles. The Kier molecular flexibility index (Phi) is 6.00. The maximum Gasteiger partial charge on any atom is 0.308 e. The number of anilines is 2. The van der Waals surface area contributed by atoms with Gasteiger partial charge in [-0.1, -0.05) is 11.3 Å². The zero-order chi connectivity index (χ0) is 22.2. The largest absolute Gasteiger partial charge is 0.324 e. The van der Waals surface area contributed by atoms with E-state index in [2.05, 4.69) is 5.32 Å². The van der Waals surface area contributed by atoms with Crippen LogP contribution in [0.1, 0.15) is 26.8 Å². The van der Waals surface area contributed by atoms with Crippen LogP contribution < -0.4 is 14.5 Å². The monoisotopic (exact) mass is 451 g/mol. The van der Waals surface area contributed by atoms with Gasteiger partial charge in [-0.2, -0.15) is 0 Å². The molecule has 7 nitrogen and oxygen atoms in total. The van der Waals surface area contributed by atoms with Crippen LogP contribution in [-0.2, 0) is 14.8 Å². The molecule has 0 bridgehead atoms. The number of halogens is 1. The summed E-state index contributed by atoms with van der Waals surface area (Å²) in [5.74, 6) is -1.07. The maximum atomic E-state index is 13.2. The third-order valence-corrected chi connectivity index (χ3v) is 6.73. The number of fused-ring (bicyclic) bond motifs is 1. The number of nitrogens with zero attached hydrogens (tertiary/aromatic N) is 2. The van der Waals surface area contributed by atoms with Crippen LogP contribution in [0.5, 0.6) is 0 Å². The molecule has 3 aromatic rings. The van der Waals surface area contributed by atoms with Crippen LogP contribution in [0.15, 0.2) is 47.3 Å². The van der Waals surface area contributed by atoms with Gasteiger partial charge in [0.25, 0.3) is 0 Å². The highest BCUT2D eigenvalue weighted by molar-refractivity contribution is 7.92. The zero-order valence-electron chi connectivity index (χ0n) is 16.9. The predicted molar refractivity (Wildman–Crippen MR) is 118 cm³/mol. The molecule has 1 heterocycles. The minimum atomic E-state index is -3.81. The van der Waals surface area contributed by atoms with Gasteiger partial charge in [-0.15, -0.1) is 0 Å². The van der Waals surface area contributed by atoms with E-state index in [1.54, 1.807) is 22.8 Å². The first-order valence-corrected chi connectivity index (χ1v) is 11.9. The van der Waals surface area contributed by atoms with Gasteiger partial charge in [0.2, 0.25) is 15.9 Å². The summed E-state index contributed by atoms with van der Waals surface area (Å²) in [4.78, 5) is 24.9. The van der Waals surface area contributed by atoms with Gasteiger partial charge in [0.1, 0.15) is 11.9 Å². The zero-order valence-corrected chi connectivity index (χ0v) is 18.6. The van der Waals surface area contributed by atoms with Gasteiger partial charge in [-0.05, 0) is 63.2 Å². The lowest BCUT2D eigenvalue weighted by Crippen LogP contribution is -2.45. The Morgan fingerprint density at radius 3 is 2.33 bits per heavy atom. The van der Waals surface area contributed by atoms with Gasteiger partial charge in [-0.25, -0.2) is 12.8 Å². The molecule has 3 rings (SSSR count). The van der Waals surface area contributed by atoms with Crippen molar-refractivity contribution >= 4 is 48.9 Å². The molecule has 1 amide bonds. The predicted octanol–water partition coefficient (Wildman–Crippen LogP) is 3.58. The molecule has 1 atom stereocenters. The molecular formula is C20H22FN3O4S2. The Morgan fingerprint density at radius 1 is 1.13 bits per heavy atom. The molecule has 2 aromatic carbocycles. The molecule has 0 spiro atoms. The third kappa shape index (κ3) is 4.39. The number of rotatable bonds is 6. The maximum absolute atomic E-state index is 13.2. The van der Waals surface area contributed by atoms with Crippen molar-refractivity contribution in [3.05, 3.63) is 57.9 Å². The number of benzene rings is 2. The van der Waals surface area contributed by atoms with Gasteiger partial charge in [-0.3, -0.25) is 18.5 Å². The third-order valence-electron chi connectivity index (χ3n) is 4.57. The van der Waals surface area contributed by atoms with E-state index in [4.69, 9.17) is 0 Å². The van der Waals surface area contributed by atoms with E-state index in [9.17, 15) is 22.4 Å². The highest BCUT2D eigenvalue weighted by atomic mass is 32.2. The van der Waals surface area contributed by atoms with E-state index in [-0.39, 0.29) is 16.6 Å². The number of carbonyl (C=O) groups is 1. The summed E-state index contributed by atoms with van der Waals surface area (Å²) in [6, 6.07) is 8.90. The number of aromatic nitrogens is 1. The number of carbonyl (C=O) groups excluding carboxylic acids is 1. The van der Waals surface area contributed by atoms with Crippen molar-refractivity contribution < 1.29 is 17.6 Å². The molecular weight excluding hydrogens is 429 g/mol. The minimum Gasteiger partial charge on any atom is -0.324 e. The molecule has 10 heteroatoms. The second-order valence-corrected chi connectivity index (χ2v) is 10.1. The molecule has 30 heavy (non-hydrogen) atoms. The molecule has 0 aliphatic rings. The number of thiazole rings is 1. The molecule has 1 aromatic heterocycles. The van der Waals surface area contributed by atoms with Gasteiger partial charge >= 0.3 is 4.87 Å². The lowest BCUT2D eigenvalue weighted by Gasteiger charge is -2.28. The normalized spacial score (nSPS) is 12.9. The number of hydrogen-bond acceptors (Lipinski definition) is 5. The van der Waals surface area contributed by atoms with Gasteiger partial charge in [0, 0.05) is 11.7 Å². The van der Waals surface area contributed by atoms with E-state index in [0.717, 1.165) is 44.2 Å². The fourth-order valence-electron chi connectivity index (χ4n) is 3.25. The number of hydrogen-bond donors (Lipinski definition) is 1. The Hall–Kier alpha value is -2.72. The second-order valence-electron chi connectivity index (χ2n) is 7.21. The minimum absolute atomic E-state index is 0.00532. The van der Waals surface area contributed by atoms with Crippen molar-refractivity contribution in [3.63, 3.8) is 0 Å². The Labute approximate surface area is 177 Å². The Bertz CT molecular complexity index is 1250. The van der Waals surface area contributed by atoms with E-state index < -0.39 is 27.8 Å². The number of nitrogens with one attached hydrogen (secondary N) is 1. The van der Waals surface area contributed by atoms with Crippen molar-refractivity contribution in [2.45, 2.75) is 32.9 Å². The fraction of sp³-hybridized carbons (Fsp3) is 0.300. The fourth-order valence-corrected chi connectivity index (χ4v) is 5.47. The van der Waals surface area contributed by atoms with Gasteiger partial charge in [0.15, 0.2) is 0 Å². The lowest BCUT2D eigenvalue weighted by molar-refractivity contribution is -0.116. The lowest BCUT2D eigenvalue weighted by atomic mass is 10.2. The van der Waals surface area contributed by atoms with Crippen LogP contribution in [0, 0.1) is 5.82 Å². The van der Waals surface area contributed by atoms with Crippen LogP contribution in [-0.4, -0.2) is 31.2 Å². The summed E-state index contributed by atoms with van der Waals surface area (Å²) >= 11 is 1.08. The molecule has 0 radical (unpaired) electrons. The van der Waals surface area contributed by atoms with Crippen molar-refractivity contribution in [3.8, 4) is 0 Å². The molecule has 1 unspecified atom stereocenters. The van der Waals surface area contributed by atoms with Crippen molar-refractivity contribution in [1.82, 2.24) is 4.57 Å². The van der Waals surface area contributed by atoms with E-state index in [1.165, 1.54) is 19.1 Å².